The van der Waals surface area contributed by atoms with E-state index in [2.05, 4.69) is 49.5 Å². The van der Waals surface area contributed by atoms with E-state index in [-0.39, 0.29) is 35.9 Å². The zero-order chi connectivity index (χ0) is 22.1. The molecule has 0 saturated carbocycles. The van der Waals surface area contributed by atoms with Crippen molar-refractivity contribution in [3.8, 4) is 5.75 Å². The third-order valence-corrected chi connectivity index (χ3v) is 5.34. The van der Waals surface area contributed by atoms with Crippen molar-refractivity contribution in [1.82, 2.24) is 20.5 Å². The summed E-state index contributed by atoms with van der Waals surface area (Å²) >= 11 is 0. The molecule has 1 aliphatic rings. The van der Waals surface area contributed by atoms with Crippen molar-refractivity contribution >= 4 is 35.8 Å². The summed E-state index contributed by atoms with van der Waals surface area (Å²) < 4.78 is 18.8. The molecule has 2 N–H and O–H groups in total. The summed E-state index contributed by atoms with van der Waals surface area (Å²) in [4.78, 5) is 13.7. The number of nitrogens with zero attached hydrogens (tertiary/aromatic N) is 4. The lowest BCUT2D eigenvalue weighted by Gasteiger charge is -2.34. The van der Waals surface area contributed by atoms with Gasteiger partial charge in [-0.05, 0) is 49.4 Å². The van der Waals surface area contributed by atoms with Gasteiger partial charge < -0.3 is 25.2 Å². The number of piperazine rings is 1. The van der Waals surface area contributed by atoms with E-state index in [1.54, 1.807) is 19.2 Å². The number of pyridine rings is 1. The average Bonchev–Trinajstić information content (AvgIpc) is 2.81. The maximum Gasteiger partial charge on any atom is 0.191 e. The minimum Gasteiger partial charge on any atom is -0.489 e. The lowest BCUT2D eigenvalue weighted by atomic mass is 10.2. The fraction of sp³-hybridized carbons (Fsp3) is 0.478. The number of aromatic nitrogens is 1. The van der Waals surface area contributed by atoms with E-state index in [0.717, 1.165) is 44.1 Å². The Morgan fingerprint density at radius 3 is 2.44 bits per heavy atom. The molecule has 1 aromatic carbocycles. The van der Waals surface area contributed by atoms with Gasteiger partial charge in [-0.2, -0.15) is 0 Å². The molecule has 0 amide bonds. The fourth-order valence-electron chi connectivity index (χ4n) is 3.44. The Bertz CT molecular complexity index is 825. The Morgan fingerprint density at radius 1 is 1.12 bits per heavy atom. The number of benzene rings is 1. The summed E-state index contributed by atoms with van der Waals surface area (Å²) in [6.45, 7) is 10.7. The third-order valence-electron chi connectivity index (χ3n) is 5.34. The zero-order valence-electron chi connectivity index (χ0n) is 19.1. The van der Waals surface area contributed by atoms with Gasteiger partial charge in [0.2, 0.25) is 0 Å². The third kappa shape index (κ3) is 8.09. The van der Waals surface area contributed by atoms with Crippen LogP contribution in [0.4, 0.5) is 10.2 Å². The number of aliphatic imine (C=N–C) groups is 1. The predicted molar refractivity (Wildman–Crippen MR) is 139 cm³/mol. The van der Waals surface area contributed by atoms with Crippen molar-refractivity contribution < 1.29 is 9.13 Å². The summed E-state index contributed by atoms with van der Waals surface area (Å²) in [5.41, 5.74) is 1.09. The number of hydrogen-bond donors (Lipinski definition) is 2. The monoisotopic (exact) mass is 556 g/mol. The Balaban J connectivity index is 0.00000363. The van der Waals surface area contributed by atoms with Gasteiger partial charge in [-0.15, -0.1) is 24.0 Å². The van der Waals surface area contributed by atoms with Crippen LogP contribution in [-0.2, 0) is 6.54 Å². The first-order chi connectivity index (χ1) is 15.1. The van der Waals surface area contributed by atoms with Crippen molar-refractivity contribution in [2.45, 2.75) is 26.5 Å². The molecule has 32 heavy (non-hydrogen) atoms. The van der Waals surface area contributed by atoms with E-state index in [1.165, 1.54) is 12.1 Å². The maximum absolute atomic E-state index is 13.0. The minimum atomic E-state index is -0.274. The molecular weight excluding hydrogens is 522 g/mol. The van der Waals surface area contributed by atoms with Crippen LogP contribution in [-0.4, -0.2) is 68.3 Å². The lowest BCUT2D eigenvalue weighted by Crippen LogP contribution is -2.46. The second kappa shape index (κ2) is 13.4. The Hall–Kier alpha value is -2.14. The number of guanidine groups is 1. The molecule has 1 unspecified atom stereocenters. The van der Waals surface area contributed by atoms with Gasteiger partial charge in [0.25, 0.3) is 0 Å². The van der Waals surface area contributed by atoms with Crippen LogP contribution in [0.25, 0.3) is 0 Å². The molecule has 0 aliphatic carbocycles. The molecule has 2 heterocycles. The number of halogens is 2. The second-order valence-corrected chi connectivity index (χ2v) is 7.64. The molecule has 7 nitrogen and oxygen atoms in total. The van der Waals surface area contributed by atoms with Crippen LogP contribution in [0.1, 0.15) is 19.4 Å². The molecule has 0 spiro atoms. The standard InChI is InChI=1S/C23H33FN6O.HI/c1-4-29-11-13-30(14-12-29)22-10-5-19(16-26-22)17-28-23(25-3)27-15-18(2)31-21-8-6-20(24)7-9-21;/h5-10,16,18H,4,11-15,17H2,1-3H3,(H2,25,27,28);1H. The summed E-state index contributed by atoms with van der Waals surface area (Å²) in [7, 11) is 1.73. The Labute approximate surface area is 207 Å². The number of nitrogens with one attached hydrogen (secondary N) is 2. The number of anilines is 1. The number of rotatable bonds is 8. The zero-order valence-corrected chi connectivity index (χ0v) is 21.4. The normalized spacial score (nSPS) is 15.6. The molecule has 1 atom stereocenters. The van der Waals surface area contributed by atoms with E-state index in [0.29, 0.717) is 24.8 Å². The van der Waals surface area contributed by atoms with Gasteiger partial charge in [-0.3, -0.25) is 4.99 Å². The van der Waals surface area contributed by atoms with Gasteiger partial charge in [-0.25, -0.2) is 9.37 Å². The average molecular weight is 556 g/mol. The van der Waals surface area contributed by atoms with Crippen LogP contribution in [0.5, 0.6) is 5.75 Å². The van der Waals surface area contributed by atoms with Crippen LogP contribution in [0.15, 0.2) is 47.6 Å². The lowest BCUT2D eigenvalue weighted by molar-refractivity contribution is 0.223. The van der Waals surface area contributed by atoms with Gasteiger partial charge in [0.15, 0.2) is 5.96 Å². The van der Waals surface area contributed by atoms with Crippen LogP contribution < -0.4 is 20.3 Å². The van der Waals surface area contributed by atoms with E-state index in [9.17, 15) is 4.39 Å². The van der Waals surface area contributed by atoms with Crippen LogP contribution in [0.2, 0.25) is 0 Å². The maximum atomic E-state index is 13.0. The number of hydrogen-bond acceptors (Lipinski definition) is 5. The summed E-state index contributed by atoms with van der Waals surface area (Å²) in [6.07, 6.45) is 1.82. The molecule has 0 bridgehead atoms. The van der Waals surface area contributed by atoms with E-state index in [1.807, 2.05) is 13.1 Å². The van der Waals surface area contributed by atoms with Crippen molar-refractivity contribution in [2.75, 3.05) is 51.2 Å². The molecular formula is C23H34FIN6O. The number of ether oxygens (including phenoxy) is 1. The van der Waals surface area contributed by atoms with Crippen LogP contribution >= 0.6 is 24.0 Å². The first-order valence-corrected chi connectivity index (χ1v) is 10.9. The highest BCUT2D eigenvalue weighted by Gasteiger charge is 2.16. The van der Waals surface area contributed by atoms with Gasteiger partial charge in [0.1, 0.15) is 23.5 Å². The first-order valence-electron chi connectivity index (χ1n) is 10.9. The molecule has 176 valence electrons. The molecule has 1 saturated heterocycles. The topological polar surface area (TPSA) is 65.0 Å². The first kappa shape index (κ1) is 26.1. The van der Waals surface area contributed by atoms with Crippen molar-refractivity contribution in [3.05, 3.63) is 54.0 Å². The number of likely N-dealkylation sites (N-methyl/N-ethyl adjacent to an activating group) is 1. The summed E-state index contributed by atoms with van der Waals surface area (Å²) in [5.74, 6) is 2.09. The highest BCUT2D eigenvalue weighted by Crippen LogP contribution is 2.14. The molecule has 1 aromatic heterocycles. The summed E-state index contributed by atoms with van der Waals surface area (Å²) in [6, 6.07) is 10.2. The molecule has 9 heteroatoms. The van der Waals surface area contributed by atoms with Gasteiger partial charge >= 0.3 is 0 Å². The molecule has 3 rings (SSSR count). The quantitative estimate of drug-likeness (QED) is 0.296. The van der Waals surface area contributed by atoms with E-state index < -0.39 is 0 Å². The van der Waals surface area contributed by atoms with Gasteiger partial charge in [0.05, 0.1) is 6.54 Å². The fourth-order valence-corrected chi connectivity index (χ4v) is 3.44. The van der Waals surface area contributed by atoms with Crippen molar-refractivity contribution in [1.29, 1.82) is 0 Å². The largest absolute Gasteiger partial charge is 0.489 e. The van der Waals surface area contributed by atoms with Crippen molar-refractivity contribution in [2.24, 2.45) is 4.99 Å². The predicted octanol–water partition coefficient (Wildman–Crippen LogP) is 3.11. The highest BCUT2D eigenvalue weighted by atomic mass is 127. The Kier molecular flexibility index (Phi) is 10.9. The van der Waals surface area contributed by atoms with E-state index in [4.69, 9.17) is 4.74 Å². The van der Waals surface area contributed by atoms with Gasteiger partial charge in [-0.1, -0.05) is 13.0 Å². The second-order valence-electron chi connectivity index (χ2n) is 7.64. The van der Waals surface area contributed by atoms with Gasteiger partial charge in [0, 0.05) is 46.0 Å². The SMILES string of the molecule is CCN1CCN(c2ccc(CNC(=NC)NCC(C)Oc3ccc(F)cc3)cn2)CC1.I. The smallest absolute Gasteiger partial charge is 0.191 e. The van der Waals surface area contributed by atoms with Crippen LogP contribution in [0.3, 0.4) is 0 Å². The highest BCUT2D eigenvalue weighted by molar-refractivity contribution is 14.0. The molecule has 1 aliphatic heterocycles. The molecule has 1 fully saturated rings. The van der Waals surface area contributed by atoms with Crippen LogP contribution in [0, 0.1) is 5.82 Å². The molecule has 2 aromatic rings. The van der Waals surface area contributed by atoms with Crippen molar-refractivity contribution in [3.63, 3.8) is 0 Å². The molecule has 0 radical (unpaired) electrons. The van der Waals surface area contributed by atoms with E-state index >= 15 is 0 Å². The Morgan fingerprint density at radius 2 is 1.84 bits per heavy atom. The minimum absolute atomic E-state index is 0. The summed E-state index contributed by atoms with van der Waals surface area (Å²) in [5, 5.41) is 6.55.